The van der Waals surface area contributed by atoms with Gasteiger partial charge in [0.15, 0.2) is 11.5 Å². The number of esters is 1. The highest BCUT2D eigenvalue weighted by atomic mass is 19.1. The second-order valence-electron chi connectivity index (χ2n) is 10.6. The molecule has 0 unspecified atom stereocenters. The minimum absolute atomic E-state index is 0.0588. The Hall–Kier alpha value is -2.98. The maximum Gasteiger partial charge on any atom is 0.356 e. The molecule has 0 radical (unpaired) electrons. The number of carboxylic acids is 1. The van der Waals surface area contributed by atoms with Crippen molar-refractivity contribution in [1.29, 1.82) is 0 Å². The van der Waals surface area contributed by atoms with Gasteiger partial charge in [0.2, 0.25) is 5.88 Å². The van der Waals surface area contributed by atoms with Crippen LogP contribution in [-0.2, 0) is 19.0 Å². The molecule has 9 nitrogen and oxygen atoms in total. The van der Waals surface area contributed by atoms with Crippen LogP contribution < -0.4 is 4.74 Å². The van der Waals surface area contributed by atoms with Crippen LogP contribution >= 0.6 is 0 Å². The molecule has 10 heteroatoms. The number of aromatic nitrogens is 2. The number of carbonyl (C=O) groups excluding carboxylic acids is 1. The third kappa shape index (κ3) is 7.04. The van der Waals surface area contributed by atoms with Crippen LogP contribution in [0.5, 0.6) is 5.88 Å². The molecule has 0 aliphatic carbocycles. The number of carboxylic acid groups (broad SMARTS) is 1. The highest BCUT2D eigenvalue weighted by Crippen LogP contribution is 2.34. The maximum atomic E-state index is 13.5. The Bertz CT molecular complexity index is 1090. The van der Waals surface area contributed by atoms with Crippen LogP contribution in [0.25, 0.3) is 5.69 Å². The van der Waals surface area contributed by atoms with Gasteiger partial charge in [-0.25, -0.2) is 9.18 Å². The number of halogens is 1. The number of ether oxygens (including phenoxy) is 4. The van der Waals surface area contributed by atoms with E-state index in [2.05, 4.69) is 5.10 Å². The van der Waals surface area contributed by atoms with Gasteiger partial charge < -0.3 is 24.1 Å². The lowest BCUT2D eigenvalue weighted by Gasteiger charge is -2.40. The summed E-state index contributed by atoms with van der Waals surface area (Å²) in [4.78, 5) is 24.3. The molecule has 0 bridgehead atoms. The van der Waals surface area contributed by atoms with Crippen molar-refractivity contribution in [3.63, 3.8) is 0 Å². The van der Waals surface area contributed by atoms with E-state index in [-0.39, 0.29) is 36.5 Å². The topological polar surface area (TPSA) is 109 Å². The Morgan fingerprint density at radius 2 is 1.81 bits per heavy atom. The number of aromatic carboxylic acids is 1. The van der Waals surface area contributed by atoms with Crippen LogP contribution in [0.2, 0.25) is 0 Å². The first kappa shape index (κ1) is 27.6. The molecule has 1 N–H and O–H groups in total. The number of hydrogen-bond acceptors (Lipinski definition) is 7. The van der Waals surface area contributed by atoms with Gasteiger partial charge in [0.05, 0.1) is 29.9 Å². The Morgan fingerprint density at radius 3 is 2.36 bits per heavy atom. The molecule has 1 aromatic carbocycles. The molecule has 36 heavy (non-hydrogen) atoms. The fraction of sp³-hybridized carbons (Fsp3) is 0.577. The van der Waals surface area contributed by atoms with Crippen molar-refractivity contribution >= 4 is 11.9 Å². The first-order valence-electron chi connectivity index (χ1n) is 12.0. The lowest BCUT2D eigenvalue weighted by Crippen LogP contribution is -2.47. The number of carbonyl (C=O) groups is 2. The van der Waals surface area contributed by atoms with Gasteiger partial charge in [0.1, 0.15) is 18.0 Å². The van der Waals surface area contributed by atoms with Gasteiger partial charge in [-0.3, -0.25) is 4.79 Å². The molecule has 0 amide bonds. The summed E-state index contributed by atoms with van der Waals surface area (Å²) in [7, 11) is 0. The first-order valence-corrected chi connectivity index (χ1v) is 12.0. The van der Waals surface area contributed by atoms with Crippen LogP contribution in [0.3, 0.4) is 0 Å². The quantitative estimate of drug-likeness (QED) is 0.506. The van der Waals surface area contributed by atoms with E-state index in [1.54, 1.807) is 34.6 Å². The second kappa shape index (κ2) is 10.6. The van der Waals surface area contributed by atoms with Gasteiger partial charge in [0, 0.05) is 6.42 Å². The van der Waals surface area contributed by atoms with Gasteiger partial charge in [-0.05, 0) is 64.8 Å². The van der Waals surface area contributed by atoms with E-state index < -0.39 is 35.4 Å². The minimum atomic E-state index is -1.19. The van der Waals surface area contributed by atoms with E-state index in [1.807, 2.05) is 13.8 Å². The smallest absolute Gasteiger partial charge is 0.356 e. The predicted octanol–water partition coefficient (Wildman–Crippen LogP) is 4.85. The highest BCUT2D eigenvalue weighted by molar-refractivity contribution is 5.88. The third-order valence-corrected chi connectivity index (χ3v) is 5.38. The summed E-state index contributed by atoms with van der Waals surface area (Å²) >= 11 is 0. The minimum Gasteiger partial charge on any atom is -0.476 e. The predicted molar refractivity (Wildman–Crippen MR) is 129 cm³/mol. The molecule has 2 aromatic rings. The average molecular weight is 507 g/mol. The number of hydrogen-bond donors (Lipinski definition) is 1. The molecule has 1 aliphatic heterocycles. The Morgan fingerprint density at radius 1 is 1.19 bits per heavy atom. The van der Waals surface area contributed by atoms with Crippen LogP contribution in [0.1, 0.15) is 83.3 Å². The van der Waals surface area contributed by atoms with Crippen molar-refractivity contribution in [2.24, 2.45) is 0 Å². The zero-order valence-corrected chi connectivity index (χ0v) is 21.8. The summed E-state index contributed by atoms with van der Waals surface area (Å²) in [6.45, 7) is 12.7. The summed E-state index contributed by atoms with van der Waals surface area (Å²) in [6.07, 6.45) is -0.464. The van der Waals surface area contributed by atoms with E-state index in [4.69, 9.17) is 18.9 Å². The molecular formula is C26H35FN2O7. The normalized spacial score (nSPS) is 19.8. The molecule has 1 fully saturated rings. The van der Waals surface area contributed by atoms with E-state index >= 15 is 0 Å². The van der Waals surface area contributed by atoms with Gasteiger partial charge in [-0.1, -0.05) is 13.8 Å². The summed E-state index contributed by atoms with van der Waals surface area (Å²) in [5, 5.41) is 14.0. The standard InChI is InChI=1S/C26H35FN2O7/c1-15(2)21-22(24(31)32)28-29(17-10-8-16(27)9-11-17)23(21)33-14-19-12-18(34-26(6,7)35-19)13-20(30)36-25(3,4)5/h8-11,15,18-19H,12-14H2,1-7H3,(H,31,32)/t18-,19+/m1/s1. The van der Waals surface area contributed by atoms with Crippen molar-refractivity contribution in [2.75, 3.05) is 6.61 Å². The highest BCUT2D eigenvalue weighted by Gasteiger charge is 2.38. The van der Waals surface area contributed by atoms with Crippen molar-refractivity contribution in [3.8, 4) is 11.6 Å². The van der Waals surface area contributed by atoms with Crippen LogP contribution in [0.15, 0.2) is 24.3 Å². The average Bonchev–Trinajstić information content (AvgIpc) is 3.10. The van der Waals surface area contributed by atoms with E-state index in [9.17, 15) is 19.1 Å². The Kier molecular flexibility index (Phi) is 8.10. The molecule has 3 rings (SSSR count). The van der Waals surface area contributed by atoms with Crippen LogP contribution in [-0.4, -0.2) is 57.0 Å². The Balaban J connectivity index is 1.85. The van der Waals surface area contributed by atoms with E-state index in [1.165, 1.54) is 28.9 Å². The number of benzene rings is 1. The van der Waals surface area contributed by atoms with Crippen molar-refractivity contribution in [2.45, 2.75) is 90.8 Å². The molecule has 2 atom stereocenters. The molecule has 1 aromatic heterocycles. The molecular weight excluding hydrogens is 471 g/mol. The fourth-order valence-corrected chi connectivity index (χ4v) is 4.18. The summed E-state index contributed by atoms with van der Waals surface area (Å²) in [5.41, 5.74) is 0.134. The van der Waals surface area contributed by atoms with E-state index in [0.717, 1.165) is 0 Å². The largest absolute Gasteiger partial charge is 0.476 e. The zero-order chi connectivity index (χ0) is 26.8. The Labute approximate surface area is 210 Å². The molecule has 2 heterocycles. The lowest BCUT2D eigenvalue weighted by molar-refractivity contribution is -0.303. The van der Waals surface area contributed by atoms with Gasteiger partial charge in [0.25, 0.3) is 0 Å². The number of nitrogens with zero attached hydrogens (tertiary/aromatic N) is 2. The van der Waals surface area contributed by atoms with Gasteiger partial charge in [-0.15, -0.1) is 0 Å². The van der Waals surface area contributed by atoms with Crippen molar-refractivity contribution in [3.05, 3.63) is 41.3 Å². The summed E-state index contributed by atoms with van der Waals surface area (Å²) in [6, 6.07) is 5.52. The third-order valence-electron chi connectivity index (χ3n) is 5.38. The van der Waals surface area contributed by atoms with Crippen LogP contribution in [0, 0.1) is 5.82 Å². The van der Waals surface area contributed by atoms with Gasteiger partial charge >= 0.3 is 11.9 Å². The molecule has 0 saturated carbocycles. The summed E-state index contributed by atoms with van der Waals surface area (Å²) < 4.78 is 38.4. The van der Waals surface area contributed by atoms with Crippen LogP contribution in [0.4, 0.5) is 4.39 Å². The molecule has 1 aliphatic rings. The fourth-order valence-electron chi connectivity index (χ4n) is 4.18. The van der Waals surface area contributed by atoms with E-state index in [0.29, 0.717) is 17.7 Å². The van der Waals surface area contributed by atoms with Gasteiger partial charge in [-0.2, -0.15) is 9.78 Å². The maximum absolute atomic E-state index is 13.5. The second-order valence-corrected chi connectivity index (χ2v) is 10.6. The monoisotopic (exact) mass is 506 g/mol. The lowest BCUT2D eigenvalue weighted by atomic mass is 10.0. The van der Waals surface area contributed by atoms with Crippen molar-refractivity contribution in [1.82, 2.24) is 9.78 Å². The molecule has 0 spiro atoms. The molecule has 198 valence electrons. The SMILES string of the molecule is CC(C)c1c(C(=O)O)nn(-c2ccc(F)cc2)c1OC[C@@H]1C[C@H](CC(=O)OC(C)(C)C)OC(C)(C)O1. The van der Waals surface area contributed by atoms with Crippen molar-refractivity contribution < 1.29 is 38.0 Å². The first-order chi connectivity index (χ1) is 16.6. The zero-order valence-electron chi connectivity index (χ0n) is 21.8. The number of rotatable bonds is 8. The summed E-state index contributed by atoms with van der Waals surface area (Å²) in [5.74, 6) is -2.93. The molecule has 1 saturated heterocycles.